The summed E-state index contributed by atoms with van der Waals surface area (Å²) >= 11 is 8.12. The molecule has 0 aromatic carbocycles. The van der Waals surface area contributed by atoms with Gasteiger partial charge in [0.2, 0.25) is 0 Å². The first-order valence-electron chi connectivity index (χ1n) is 6.68. The maximum atomic E-state index is 6.37. The lowest BCUT2D eigenvalue weighted by Crippen LogP contribution is -2.16. The van der Waals surface area contributed by atoms with Crippen LogP contribution >= 0.6 is 22.9 Å². The second-order valence-electron chi connectivity index (χ2n) is 4.90. The highest BCUT2D eigenvalue weighted by atomic mass is 35.5. The maximum absolute atomic E-state index is 6.37. The number of hydrogen-bond acceptors (Lipinski definition) is 4. The fourth-order valence-electron chi connectivity index (χ4n) is 2.51. The van der Waals surface area contributed by atoms with Crippen molar-refractivity contribution in [1.82, 2.24) is 15.3 Å². The zero-order valence-corrected chi connectivity index (χ0v) is 12.8. The molecule has 0 amide bonds. The molecule has 0 radical (unpaired) electrons. The predicted octanol–water partition coefficient (Wildman–Crippen LogP) is 3.62. The van der Waals surface area contributed by atoms with Gasteiger partial charge in [0.15, 0.2) is 5.82 Å². The number of aromatic nitrogens is 2. The van der Waals surface area contributed by atoms with Crippen LogP contribution in [-0.4, -0.2) is 23.1 Å². The van der Waals surface area contributed by atoms with Crippen LogP contribution in [0.5, 0.6) is 0 Å². The van der Waals surface area contributed by atoms with Crippen molar-refractivity contribution >= 4 is 38.7 Å². The van der Waals surface area contributed by atoms with Crippen molar-refractivity contribution in [2.75, 3.05) is 13.1 Å². The van der Waals surface area contributed by atoms with Gasteiger partial charge < -0.3 is 5.32 Å². The van der Waals surface area contributed by atoms with Gasteiger partial charge in [0, 0.05) is 23.5 Å². The van der Waals surface area contributed by atoms with E-state index in [4.69, 9.17) is 11.6 Å². The molecule has 0 atom stereocenters. The van der Waals surface area contributed by atoms with E-state index in [2.05, 4.69) is 28.4 Å². The van der Waals surface area contributed by atoms with Gasteiger partial charge in [-0.15, -0.1) is 17.9 Å². The molecule has 0 aliphatic heterocycles. The molecule has 0 spiro atoms. The highest BCUT2D eigenvalue weighted by Crippen LogP contribution is 2.39. The fraction of sp³-hybridized carbons (Fsp3) is 0.333. The Kier molecular flexibility index (Phi) is 3.87. The van der Waals surface area contributed by atoms with Gasteiger partial charge in [-0.05, 0) is 24.8 Å². The van der Waals surface area contributed by atoms with Crippen LogP contribution in [-0.2, 0) is 12.8 Å². The van der Waals surface area contributed by atoms with Crippen LogP contribution in [0.2, 0.25) is 5.15 Å². The molecule has 2 aromatic rings. The highest BCUT2D eigenvalue weighted by Gasteiger charge is 2.21. The van der Waals surface area contributed by atoms with E-state index < -0.39 is 0 Å². The monoisotopic (exact) mass is 305 g/mol. The van der Waals surface area contributed by atoms with Crippen molar-refractivity contribution in [2.24, 2.45) is 0 Å². The van der Waals surface area contributed by atoms with Crippen LogP contribution in [0.1, 0.15) is 22.7 Å². The number of nitrogens with one attached hydrogen (secondary N) is 1. The van der Waals surface area contributed by atoms with Crippen molar-refractivity contribution in [1.29, 1.82) is 0 Å². The number of aryl methyl sites for hydroxylation is 2. The van der Waals surface area contributed by atoms with Crippen LogP contribution in [0.3, 0.4) is 0 Å². The van der Waals surface area contributed by atoms with E-state index in [1.165, 1.54) is 16.9 Å². The molecule has 0 saturated heterocycles. The average Bonchev–Trinajstić information content (AvgIpc) is 2.98. The van der Waals surface area contributed by atoms with Crippen LogP contribution < -0.4 is 5.32 Å². The molecule has 0 unspecified atom stereocenters. The molecule has 0 fully saturated rings. The van der Waals surface area contributed by atoms with Crippen LogP contribution in [0, 0.1) is 0 Å². The Hall–Kier alpha value is -1.23. The van der Waals surface area contributed by atoms with E-state index in [9.17, 15) is 0 Å². The lowest BCUT2D eigenvalue weighted by atomic mass is 10.2. The first-order chi connectivity index (χ1) is 9.70. The molecule has 20 heavy (non-hydrogen) atoms. The molecule has 0 saturated carbocycles. The van der Waals surface area contributed by atoms with Gasteiger partial charge in [-0.2, -0.15) is 0 Å². The quantitative estimate of drug-likeness (QED) is 0.521. The first kappa shape index (κ1) is 13.7. The summed E-state index contributed by atoms with van der Waals surface area (Å²) < 4.78 is 0. The molecular formula is C15H16ClN3S. The van der Waals surface area contributed by atoms with Crippen LogP contribution in [0.25, 0.3) is 15.8 Å². The third-order valence-electron chi connectivity index (χ3n) is 3.46. The third kappa shape index (κ3) is 2.39. The molecule has 0 bridgehead atoms. The zero-order chi connectivity index (χ0) is 14.1. The van der Waals surface area contributed by atoms with Gasteiger partial charge in [0.25, 0.3) is 0 Å². The van der Waals surface area contributed by atoms with E-state index in [0.29, 0.717) is 17.5 Å². The highest BCUT2D eigenvalue weighted by molar-refractivity contribution is 7.19. The minimum Gasteiger partial charge on any atom is -0.309 e. The second kappa shape index (κ2) is 5.64. The van der Waals surface area contributed by atoms with E-state index in [0.717, 1.165) is 35.2 Å². The molecule has 104 valence electrons. The Morgan fingerprint density at radius 3 is 3.05 bits per heavy atom. The summed E-state index contributed by atoms with van der Waals surface area (Å²) in [7, 11) is 0. The molecule has 3 nitrogen and oxygen atoms in total. The smallest absolute Gasteiger partial charge is 0.159 e. The summed E-state index contributed by atoms with van der Waals surface area (Å²) in [5.41, 5.74) is 2.21. The second-order valence-corrected chi connectivity index (χ2v) is 6.34. The minimum absolute atomic E-state index is 0.564. The van der Waals surface area contributed by atoms with Crippen molar-refractivity contribution in [3.8, 4) is 0 Å². The Balaban J connectivity index is 1.94. The number of hydrogen-bond donors (Lipinski definition) is 1. The van der Waals surface area contributed by atoms with E-state index in [1.54, 1.807) is 11.3 Å². The topological polar surface area (TPSA) is 37.8 Å². The molecule has 1 N–H and O–H groups in total. The number of rotatable bonds is 5. The molecular weight excluding hydrogens is 290 g/mol. The fourth-order valence-corrected chi connectivity index (χ4v) is 4.11. The lowest BCUT2D eigenvalue weighted by Gasteiger charge is -2.06. The molecule has 3 rings (SSSR count). The van der Waals surface area contributed by atoms with Gasteiger partial charge in [0.05, 0.1) is 5.39 Å². The first-order valence-corrected chi connectivity index (χ1v) is 7.87. The Bertz CT molecular complexity index is 690. The van der Waals surface area contributed by atoms with Gasteiger partial charge in [-0.3, -0.25) is 0 Å². The number of halogens is 1. The van der Waals surface area contributed by atoms with Crippen molar-refractivity contribution in [3.63, 3.8) is 0 Å². The number of nitrogens with zero attached hydrogens (tertiary/aromatic N) is 2. The van der Waals surface area contributed by atoms with Crippen molar-refractivity contribution < 1.29 is 0 Å². The summed E-state index contributed by atoms with van der Waals surface area (Å²) in [6.45, 7) is 9.08. The van der Waals surface area contributed by atoms with Crippen LogP contribution in [0.4, 0.5) is 0 Å². The molecule has 1 aliphatic rings. The van der Waals surface area contributed by atoms with Crippen molar-refractivity contribution in [2.45, 2.75) is 19.3 Å². The lowest BCUT2D eigenvalue weighted by molar-refractivity contribution is 0.848. The number of thiophene rings is 1. The Morgan fingerprint density at radius 1 is 1.40 bits per heavy atom. The van der Waals surface area contributed by atoms with E-state index in [-0.39, 0.29) is 0 Å². The SMILES string of the molecule is C=CCNCC(=C)c1nc(Cl)c2c3c(sc2n1)CCC3. The molecule has 2 aromatic heterocycles. The maximum Gasteiger partial charge on any atom is 0.159 e. The normalized spacial score (nSPS) is 13.7. The standard InChI is InChI=1S/C15H16ClN3S/c1-3-7-17-8-9(2)14-18-13(16)12-10-5-4-6-11(10)20-15(12)19-14/h3,17H,1-2,4-8H2. The zero-order valence-electron chi connectivity index (χ0n) is 11.2. The van der Waals surface area contributed by atoms with Crippen LogP contribution in [0.15, 0.2) is 19.2 Å². The van der Waals surface area contributed by atoms with Gasteiger partial charge in [-0.1, -0.05) is 24.3 Å². The summed E-state index contributed by atoms with van der Waals surface area (Å²) in [6, 6.07) is 0. The molecule has 2 heterocycles. The van der Waals surface area contributed by atoms with Crippen molar-refractivity contribution in [3.05, 3.63) is 40.7 Å². The summed E-state index contributed by atoms with van der Waals surface area (Å²) in [6.07, 6.45) is 5.27. The average molecular weight is 306 g/mol. The molecule has 5 heteroatoms. The van der Waals surface area contributed by atoms with Gasteiger partial charge in [0.1, 0.15) is 9.98 Å². The minimum atomic E-state index is 0.564. The summed E-state index contributed by atoms with van der Waals surface area (Å²) in [5.74, 6) is 0.638. The summed E-state index contributed by atoms with van der Waals surface area (Å²) in [4.78, 5) is 11.5. The van der Waals surface area contributed by atoms with E-state index >= 15 is 0 Å². The van der Waals surface area contributed by atoms with Gasteiger partial charge >= 0.3 is 0 Å². The summed E-state index contributed by atoms with van der Waals surface area (Å²) in [5, 5.41) is 4.82. The largest absolute Gasteiger partial charge is 0.309 e. The predicted molar refractivity (Wildman–Crippen MR) is 86.6 cm³/mol. The molecule has 1 aliphatic carbocycles. The van der Waals surface area contributed by atoms with Gasteiger partial charge in [-0.25, -0.2) is 9.97 Å². The Labute approximate surface area is 127 Å². The number of fused-ring (bicyclic) bond motifs is 3. The van der Waals surface area contributed by atoms with E-state index in [1.807, 2.05) is 6.08 Å². The Morgan fingerprint density at radius 2 is 2.25 bits per heavy atom. The third-order valence-corrected chi connectivity index (χ3v) is 4.92.